The summed E-state index contributed by atoms with van der Waals surface area (Å²) in [6.07, 6.45) is 1.94. The van der Waals surface area contributed by atoms with Gasteiger partial charge >= 0.3 is 0 Å². The zero-order chi connectivity index (χ0) is 24.5. The number of fused-ring (bicyclic) bond motifs is 2. The molecular formula is C26H25N3O5S. The summed E-state index contributed by atoms with van der Waals surface area (Å²) in [5.74, 6) is 0.771. The lowest BCUT2D eigenvalue weighted by Gasteiger charge is -2.23. The monoisotopic (exact) mass is 491 g/mol. The van der Waals surface area contributed by atoms with Gasteiger partial charge in [-0.3, -0.25) is 14.5 Å². The van der Waals surface area contributed by atoms with E-state index in [2.05, 4.69) is 17.1 Å². The Bertz CT molecular complexity index is 1450. The van der Waals surface area contributed by atoms with Crippen molar-refractivity contribution in [2.45, 2.75) is 39.7 Å². The summed E-state index contributed by atoms with van der Waals surface area (Å²) in [6, 6.07) is 10.1. The Morgan fingerprint density at radius 2 is 1.94 bits per heavy atom. The van der Waals surface area contributed by atoms with Crippen molar-refractivity contribution in [3.8, 4) is 11.5 Å². The Balaban J connectivity index is 1.70. The van der Waals surface area contributed by atoms with E-state index in [4.69, 9.17) is 13.9 Å². The van der Waals surface area contributed by atoms with Gasteiger partial charge in [-0.25, -0.2) is 0 Å². The molecule has 1 amide bonds. The third-order valence-corrected chi connectivity index (χ3v) is 6.61. The van der Waals surface area contributed by atoms with Gasteiger partial charge in [0, 0.05) is 0 Å². The van der Waals surface area contributed by atoms with Crippen LogP contribution in [0.1, 0.15) is 60.0 Å². The minimum Gasteiger partial charge on any atom is -0.490 e. The van der Waals surface area contributed by atoms with Crippen LogP contribution < -0.4 is 19.8 Å². The fourth-order valence-electron chi connectivity index (χ4n) is 4.28. The molecular weight excluding hydrogens is 466 g/mol. The van der Waals surface area contributed by atoms with E-state index in [-0.39, 0.29) is 16.8 Å². The van der Waals surface area contributed by atoms with Gasteiger partial charge in [0.15, 0.2) is 16.9 Å². The SMILES string of the molecule is CCCCOc1ccc(C2c3c(oc4ccc(C)cc4c3=O)C(=O)N2c2nncs2)cc1OCC. The van der Waals surface area contributed by atoms with E-state index in [1.54, 1.807) is 17.6 Å². The van der Waals surface area contributed by atoms with Crippen molar-refractivity contribution in [1.29, 1.82) is 0 Å². The second kappa shape index (κ2) is 9.50. The average Bonchev–Trinajstić information content (AvgIpc) is 3.47. The number of hydrogen-bond acceptors (Lipinski definition) is 8. The van der Waals surface area contributed by atoms with Crippen molar-refractivity contribution in [2.75, 3.05) is 18.1 Å². The molecule has 0 saturated carbocycles. The molecule has 2 aromatic carbocycles. The number of ether oxygens (including phenoxy) is 2. The largest absolute Gasteiger partial charge is 0.490 e. The molecule has 1 aliphatic rings. The smallest absolute Gasteiger partial charge is 0.297 e. The van der Waals surface area contributed by atoms with Gasteiger partial charge in [-0.1, -0.05) is 42.4 Å². The highest BCUT2D eigenvalue weighted by Gasteiger charge is 2.45. The third-order valence-electron chi connectivity index (χ3n) is 5.92. The van der Waals surface area contributed by atoms with Crippen LogP contribution in [0, 0.1) is 6.92 Å². The Morgan fingerprint density at radius 3 is 2.69 bits per heavy atom. The Labute approximate surface area is 206 Å². The van der Waals surface area contributed by atoms with Crippen molar-refractivity contribution in [1.82, 2.24) is 10.2 Å². The van der Waals surface area contributed by atoms with E-state index in [1.165, 1.54) is 16.2 Å². The molecule has 5 rings (SSSR count). The molecule has 3 heterocycles. The normalized spacial score (nSPS) is 15.0. The Hall–Kier alpha value is -3.72. The number of anilines is 1. The number of unbranched alkanes of at least 4 members (excludes halogenated alkanes) is 1. The first kappa shape index (κ1) is 23.0. The summed E-state index contributed by atoms with van der Waals surface area (Å²) >= 11 is 1.22. The summed E-state index contributed by atoms with van der Waals surface area (Å²) in [5.41, 5.74) is 3.59. The first-order valence-electron chi connectivity index (χ1n) is 11.6. The standard InChI is InChI=1S/C26H25N3O5S/c1-4-6-11-33-19-10-8-16(13-20(19)32-5-2)22-21-23(30)17-12-15(3)7-9-18(17)34-24(21)25(31)29(22)26-28-27-14-35-26/h7-10,12-14,22H,4-6,11H2,1-3H3. The lowest BCUT2D eigenvalue weighted by Crippen LogP contribution is -2.29. The van der Waals surface area contributed by atoms with Crippen LogP contribution in [0.2, 0.25) is 0 Å². The van der Waals surface area contributed by atoms with Crippen molar-refractivity contribution in [3.05, 3.63) is 74.6 Å². The van der Waals surface area contributed by atoms with Crippen LogP contribution >= 0.6 is 11.3 Å². The highest BCUT2D eigenvalue weighted by Crippen LogP contribution is 2.43. The van der Waals surface area contributed by atoms with Crippen molar-refractivity contribution in [2.24, 2.45) is 0 Å². The van der Waals surface area contributed by atoms with Gasteiger partial charge in [0.2, 0.25) is 10.9 Å². The second-order valence-electron chi connectivity index (χ2n) is 8.31. The molecule has 0 bridgehead atoms. The van der Waals surface area contributed by atoms with Crippen LogP contribution in [0.25, 0.3) is 11.0 Å². The van der Waals surface area contributed by atoms with E-state index in [9.17, 15) is 9.59 Å². The van der Waals surface area contributed by atoms with Gasteiger partial charge in [0.1, 0.15) is 11.1 Å². The van der Waals surface area contributed by atoms with E-state index in [0.717, 1.165) is 18.4 Å². The number of benzene rings is 2. The fourth-order valence-corrected chi connectivity index (χ4v) is 4.87. The van der Waals surface area contributed by atoms with Gasteiger partial charge < -0.3 is 13.9 Å². The number of carbonyl (C=O) groups is 1. The van der Waals surface area contributed by atoms with Crippen LogP contribution in [0.3, 0.4) is 0 Å². The highest BCUT2D eigenvalue weighted by molar-refractivity contribution is 7.13. The molecule has 0 fully saturated rings. The van der Waals surface area contributed by atoms with E-state index in [0.29, 0.717) is 46.4 Å². The summed E-state index contributed by atoms with van der Waals surface area (Å²) in [7, 11) is 0. The predicted molar refractivity (Wildman–Crippen MR) is 134 cm³/mol. The number of hydrogen-bond donors (Lipinski definition) is 0. The molecule has 0 radical (unpaired) electrons. The summed E-state index contributed by atoms with van der Waals surface area (Å²) in [5, 5.41) is 8.84. The zero-order valence-corrected chi connectivity index (χ0v) is 20.6. The predicted octanol–water partition coefficient (Wildman–Crippen LogP) is 5.28. The molecule has 8 nitrogen and oxygen atoms in total. The lowest BCUT2D eigenvalue weighted by molar-refractivity contribution is 0.0970. The third kappa shape index (κ3) is 4.05. The van der Waals surface area contributed by atoms with Crippen LogP contribution in [0.5, 0.6) is 11.5 Å². The summed E-state index contributed by atoms with van der Waals surface area (Å²) in [4.78, 5) is 28.8. The minimum absolute atomic E-state index is 0.0211. The second-order valence-corrected chi connectivity index (χ2v) is 9.13. The molecule has 0 aliphatic carbocycles. The van der Waals surface area contributed by atoms with Crippen LogP contribution in [-0.4, -0.2) is 29.3 Å². The molecule has 0 saturated heterocycles. The quantitative estimate of drug-likeness (QED) is 0.310. The molecule has 0 spiro atoms. The average molecular weight is 492 g/mol. The number of rotatable bonds is 8. The summed E-state index contributed by atoms with van der Waals surface area (Å²) in [6.45, 7) is 6.93. The molecule has 35 heavy (non-hydrogen) atoms. The zero-order valence-electron chi connectivity index (χ0n) is 19.7. The number of carbonyl (C=O) groups excluding carboxylic acids is 1. The van der Waals surface area contributed by atoms with Crippen LogP contribution in [0.4, 0.5) is 5.13 Å². The molecule has 180 valence electrons. The fraction of sp³-hybridized carbons (Fsp3) is 0.308. The van der Waals surface area contributed by atoms with Crippen LogP contribution in [0.15, 0.2) is 51.1 Å². The number of nitrogens with zero attached hydrogens (tertiary/aromatic N) is 3. The maximum absolute atomic E-state index is 13.7. The molecule has 2 aromatic heterocycles. The first-order chi connectivity index (χ1) is 17.0. The molecule has 0 N–H and O–H groups in total. The Kier molecular flexibility index (Phi) is 6.25. The van der Waals surface area contributed by atoms with Gasteiger partial charge in [-0.2, -0.15) is 0 Å². The number of aromatic nitrogens is 2. The molecule has 1 unspecified atom stereocenters. The molecule has 9 heteroatoms. The maximum Gasteiger partial charge on any atom is 0.297 e. The van der Waals surface area contributed by atoms with E-state index >= 15 is 0 Å². The van der Waals surface area contributed by atoms with Gasteiger partial charge in [-0.15, -0.1) is 10.2 Å². The maximum atomic E-state index is 13.7. The van der Waals surface area contributed by atoms with Gasteiger partial charge in [0.25, 0.3) is 5.91 Å². The van der Waals surface area contributed by atoms with E-state index < -0.39 is 11.9 Å². The molecule has 1 atom stereocenters. The first-order valence-corrected chi connectivity index (χ1v) is 12.5. The van der Waals surface area contributed by atoms with Gasteiger partial charge in [-0.05, 0) is 50.1 Å². The van der Waals surface area contributed by atoms with Gasteiger partial charge in [0.05, 0.1) is 30.2 Å². The topological polar surface area (TPSA) is 94.8 Å². The number of amides is 1. The lowest BCUT2D eigenvalue weighted by atomic mass is 9.98. The van der Waals surface area contributed by atoms with E-state index in [1.807, 2.05) is 38.1 Å². The van der Waals surface area contributed by atoms with Crippen molar-refractivity contribution >= 4 is 33.3 Å². The van der Waals surface area contributed by atoms with Crippen molar-refractivity contribution < 1.29 is 18.7 Å². The van der Waals surface area contributed by atoms with Crippen LogP contribution in [-0.2, 0) is 0 Å². The van der Waals surface area contributed by atoms with Crippen molar-refractivity contribution in [3.63, 3.8) is 0 Å². The Morgan fingerprint density at radius 1 is 1.09 bits per heavy atom. The number of aryl methyl sites for hydroxylation is 1. The minimum atomic E-state index is -0.740. The molecule has 4 aromatic rings. The highest BCUT2D eigenvalue weighted by atomic mass is 32.1. The molecule has 1 aliphatic heterocycles. The summed E-state index contributed by atoms with van der Waals surface area (Å²) < 4.78 is 17.8.